The molecule has 1 aliphatic carbocycles. The molecule has 0 radical (unpaired) electrons. The smallest absolute Gasteiger partial charge is 0.161 e. The molecule has 106 valence electrons. The first-order valence-corrected chi connectivity index (χ1v) is 7.85. The van der Waals surface area contributed by atoms with E-state index in [1.807, 2.05) is 11.3 Å². The number of nitrogens with one attached hydrogen (secondary N) is 2. The van der Waals surface area contributed by atoms with E-state index in [-0.39, 0.29) is 11.1 Å². The van der Waals surface area contributed by atoms with Crippen LogP contribution in [0.3, 0.4) is 0 Å². The maximum atomic E-state index is 9.64. The SMILES string of the molecule is CN(C)C1(c2cccs2)CCC2(CC1)CNC(O)N2. The van der Waals surface area contributed by atoms with Gasteiger partial charge in [0.1, 0.15) is 0 Å². The van der Waals surface area contributed by atoms with Gasteiger partial charge in [0.2, 0.25) is 0 Å². The van der Waals surface area contributed by atoms with E-state index in [2.05, 4.69) is 47.1 Å². The van der Waals surface area contributed by atoms with Gasteiger partial charge in [-0.25, -0.2) is 0 Å². The maximum absolute atomic E-state index is 9.64. The number of aliphatic hydroxyl groups is 1. The number of nitrogens with zero attached hydrogens (tertiary/aromatic N) is 1. The normalized spacial score (nSPS) is 39.3. The number of thiophene rings is 1. The minimum atomic E-state index is -0.534. The first-order chi connectivity index (χ1) is 9.06. The first kappa shape index (κ1) is 13.5. The average molecular weight is 281 g/mol. The summed E-state index contributed by atoms with van der Waals surface area (Å²) in [4.78, 5) is 3.85. The zero-order valence-electron chi connectivity index (χ0n) is 11.6. The van der Waals surface area contributed by atoms with Crippen molar-refractivity contribution in [3.63, 3.8) is 0 Å². The Hall–Kier alpha value is -0.460. The molecule has 2 heterocycles. The van der Waals surface area contributed by atoms with Gasteiger partial charge in [-0.3, -0.25) is 15.5 Å². The number of hydrogen-bond donors (Lipinski definition) is 3. The summed E-state index contributed by atoms with van der Waals surface area (Å²) in [6, 6.07) is 4.41. The molecule has 2 aliphatic rings. The lowest BCUT2D eigenvalue weighted by atomic mass is 9.71. The van der Waals surface area contributed by atoms with Crippen LogP contribution in [0, 0.1) is 0 Å². The van der Waals surface area contributed by atoms with E-state index in [9.17, 15) is 5.11 Å². The Morgan fingerprint density at radius 2 is 2.05 bits per heavy atom. The van der Waals surface area contributed by atoms with Crippen molar-refractivity contribution >= 4 is 11.3 Å². The molecule has 1 saturated carbocycles. The van der Waals surface area contributed by atoms with Crippen molar-refractivity contribution in [2.24, 2.45) is 0 Å². The first-order valence-electron chi connectivity index (χ1n) is 6.97. The molecule has 1 saturated heterocycles. The third kappa shape index (κ3) is 2.23. The van der Waals surface area contributed by atoms with Crippen LogP contribution in [0.25, 0.3) is 0 Å². The molecular weight excluding hydrogens is 258 g/mol. The highest BCUT2D eigenvalue weighted by Gasteiger charge is 2.47. The molecule has 1 aromatic heterocycles. The van der Waals surface area contributed by atoms with Gasteiger partial charge < -0.3 is 5.11 Å². The molecule has 5 heteroatoms. The molecule has 1 unspecified atom stereocenters. The van der Waals surface area contributed by atoms with E-state index in [4.69, 9.17) is 0 Å². The van der Waals surface area contributed by atoms with Crippen LogP contribution in [0.1, 0.15) is 30.6 Å². The minimum Gasteiger partial charge on any atom is -0.365 e. The van der Waals surface area contributed by atoms with Crippen molar-refractivity contribution in [1.29, 1.82) is 0 Å². The van der Waals surface area contributed by atoms with Gasteiger partial charge in [-0.15, -0.1) is 11.3 Å². The molecule has 3 N–H and O–H groups in total. The van der Waals surface area contributed by atoms with E-state index < -0.39 is 6.35 Å². The second-order valence-corrected chi connectivity index (χ2v) is 7.06. The summed E-state index contributed by atoms with van der Waals surface area (Å²) in [5, 5.41) is 18.2. The van der Waals surface area contributed by atoms with Crippen LogP contribution in [0.2, 0.25) is 0 Å². The van der Waals surface area contributed by atoms with Crippen molar-refractivity contribution in [1.82, 2.24) is 15.5 Å². The largest absolute Gasteiger partial charge is 0.365 e. The van der Waals surface area contributed by atoms with Crippen LogP contribution < -0.4 is 10.6 Å². The summed E-state index contributed by atoms with van der Waals surface area (Å²) in [5.41, 5.74) is 0.269. The summed E-state index contributed by atoms with van der Waals surface area (Å²) < 4.78 is 0. The summed E-state index contributed by atoms with van der Waals surface area (Å²) in [6.45, 7) is 0.877. The highest BCUT2D eigenvalue weighted by molar-refractivity contribution is 7.10. The Morgan fingerprint density at radius 3 is 2.53 bits per heavy atom. The van der Waals surface area contributed by atoms with Gasteiger partial charge in [0, 0.05) is 17.0 Å². The van der Waals surface area contributed by atoms with Crippen molar-refractivity contribution in [2.75, 3.05) is 20.6 Å². The lowest BCUT2D eigenvalue weighted by Crippen LogP contribution is -2.54. The van der Waals surface area contributed by atoms with Crippen LogP contribution in [0.5, 0.6) is 0 Å². The minimum absolute atomic E-state index is 0.0934. The van der Waals surface area contributed by atoms with E-state index in [1.165, 1.54) is 4.88 Å². The highest BCUT2D eigenvalue weighted by Crippen LogP contribution is 2.46. The number of rotatable bonds is 2. The Morgan fingerprint density at radius 1 is 1.32 bits per heavy atom. The molecule has 0 bridgehead atoms. The highest BCUT2D eigenvalue weighted by atomic mass is 32.1. The maximum Gasteiger partial charge on any atom is 0.161 e. The standard InChI is InChI=1S/C14H23N3OS/c1-17(2)14(11-4-3-9-19-11)7-5-13(6-8-14)10-15-12(18)16-13/h3-4,9,12,15-16,18H,5-8,10H2,1-2H3. The Balaban J connectivity index is 1.80. The molecule has 1 spiro atoms. The van der Waals surface area contributed by atoms with Gasteiger partial charge >= 0.3 is 0 Å². The molecule has 3 rings (SSSR count). The Bertz CT molecular complexity index is 424. The summed E-state index contributed by atoms with van der Waals surface area (Å²) in [7, 11) is 4.37. The van der Waals surface area contributed by atoms with E-state index in [0.717, 1.165) is 32.2 Å². The molecule has 0 aromatic carbocycles. The van der Waals surface area contributed by atoms with E-state index in [1.54, 1.807) is 0 Å². The molecule has 19 heavy (non-hydrogen) atoms. The van der Waals surface area contributed by atoms with Crippen molar-refractivity contribution in [3.05, 3.63) is 22.4 Å². The quantitative estimate of drug-likeness (QED) is 0.764. The van der Waals surface area contributed by atoms with Crippen molar-refractivity contribution in [2.45, 2.75) is 43.1 Å². The summed E-state index contributed by atoms with van der Waals surface area (Å²) in [5.74, 6) is 0. The molecule has 0 amide bonds. The van der Waals surface area contributed by atoms with Gasteiger partial charge in [0.25, 0.3) is 0 Å². The summed E-state index contributed by atoms with van der Waals surface area (Å²) >= 11 is 1.86. The lowest BCUT2D eigenvalue weighted by Gasteiger charge is -2.48. The zero-order chi connectivity index (χ0) is 13.5. The zero-order valence-corrected chi connectivity index (χ0v) is 12.5. The van der Waals surface area contributed by atoms with Gasteiger partial charge in [-0.1, -0.05) is 6.07 Å². The van der Waals surface area contributed by atoms with Gasteiger partial charge in [0.05, 0.1) is 5.54 Å². The third-order valence-electron chi connectivity index (χ3n) is 4.95. The monoisotopic (exact) mass is 281 g/mol. The van der Waals surface area contributed by atoms with Gasteiger partial charge in [-0.2, -0.15) is 0 Å². The van der Waals surface area contributed by atoms with Crippen LogP contribution in [-0.2, 0) is 5.54 Å². The second kappa shape index (κ2) is 4.82. The predicted octanol–water partition coefficient (Wildman–Crippen LogP) is 1.29. The predicted molar refractivity (Wildman–Crippen MR) is 78.0 cm³/mol. The molecule has 2 fully saturated rings. The fourth-order valence-electron chi connectivity index (χ4n) is 3.60. The molecule has 1 aliphatic heterocycles. The van der Waals surface area contributed by atoms with Gasteiger partial charge in [0.15, 0.2) is 6.35 Å². The number of hydrogen-bond acceptors (Lipinski definition) is 5. The Labute approximate surface area is 118 Å². The third-order valence-corrected chi connectivity index (χ3v) is 6.01. The Kier molecular flexibility index (Phi) is 3.43. The molecule has 1 atom stereocenters. The summed E-state index contributed by atoms with van der Waals surface area (Å²) in [6.07, 6.45) is 3.96. The topological polar surface area (TPSA) is 47.5 Å². The van der Waals surface area contributed by atoms with Crippen LogP contribution in [0.15, 0.2) is 17.5 Å². The second-order valence-electron chi connectivity index (χ2n) is 6.11. The number of aliphatic hydroxyl groups excluding tert-OH is 1. The van der Waals surface area contributed by atoms with Crippen LogP contribution in [-0.4, -0.2) is 42.5 Å². The molecule has 1 aromatic rings. The molecule has 4 nitrogen and oxygen atoms in total. The van der Waals surface area contributed by atoms with Crippen LogP contribution >= 0.6 is 11.3 Å². The van der Waals surface area contributed by atoms with E-state index in [0.29, 0.717) is 0 Å². The fraction of sp³-hybridized carbons (Fsp3) is 0.714. The van der Waals surface area contributed by atoms with Crippen LogP contribution in [0.4, 0.5) is 0 Å². The van der Waals surface area contributed by atoms with E-state index >= 15 is 0 Å². The van der Waals surface area contributed by atoms with Crippen molar-refractivity contribution < 1.29 is 5.11 Å². The van der Waals surface area contributed by atoms with Crippen molar-refractivity contribution in [3.8, 4) is 0 Å². The fourth-order valence-corrected chi connectivity index (χ4v) is 4.67. The average Bonchev–Trinajstić information content (AvgIpc) is 3.02. The lowest BCUT2D eigenvalue weighted by molar-refractivity contribution is 0.0527. The van der Waals surface area contributed by atoms with Gasteiger partial charge in [-0.05, 0) is 51.2 Å². The molecular formula is C14H23N3OS.